The van der Waals surface area contributed by atoms with E-state index in [9.17, 15) is 14.0 Å². The maximum Gasteiger partial charge on any atom is 0.170 e. The zero-order valence-corrected chi connectivity index (χ0v) is 16.6. The molecule has 0 amide bonds. The minimum Gasteiger partial charge on any atom is -0.492 e. The van der Waals surface area contributed by atoms with Crippen molar-refractivity contribution in [3.8, 4) is 11.5 Å². The fourth-order valence-electron chi connectivity index (χ4n) is 3.57. The number of Topliss-reactive ketones (excluding diaryl/α,β-unsaturated/α-hetero) is 1. The third-order valence-electron chi connectivity index (χ3n) is 4.95. The molecule has 1 aliphatic heterocycles. The van der Waals surface area contributed by atoms with Gasteiger partial charge in [0.25, 0.3) is 0 Å². The molecule has 5 nitrogen and oxygen atoms in total. The van der Waals surface area contributed by atoms with E-state index in [1.165, 1.54) is 12.1 Å². The van der Waals surface area contributed by atoms with E-state index in [0.29, 0.717) is 11.3 Å². The van der Waals surface area contributed by atoms with Crippen molar-refractivity contribution in [2.75, 3.05) is 6.61 Å². The van der Waals surface area contributed by atoms with Gasteiger partial charge in [0.2, 0.25) is 0 Å². The van der Waals surface area contributed by atoms with Crippen LogP contribution in [0.3, 0.4) is 0 Å². The van der Waals surface area contributed by atoms with Crippen molar-refractivity contribution in [1.82, 2.24) is 4.98 Å². The molecule has 2 aromatic carbocycles. The van der Waals surface area contributed by atoms with Gasteiger partial charge in [-0.05, 0) is 37.6 Å². The summed E-state index contributed by atoms with van der Waals surface area (Å²) in [6.07, 6.45) is 0.351. The molecule has 1 unspecified atom stereocenters. The molecule has 0 saturated carbocycles. The number of nitrogens with zero attached hydrogens (tertiary/aromatic N) is 1. The summed E-state index contributed by atoms with van der Waals surface area (Å²) in [5.41, 5.74) is 3.93. The molecule has 1 aromatic heterocycles. The first-order chi connectivity index (χ1) is 14.4. The van der Waals surface area contributed by atoms with Gasteiger partial charge in [0.15, 0.2) is 17.3 Å². The Morgan fingerprint density at radius 3 is 2.43 bits per heavy atom. The zero-order valence-electron chi connectivity index (χ0n) is 16.6. The second kappa shape index (κ2) is 8.06. The highest BCUT2D eigenvalue weighted by molar-refractivity contribution is 5.99. The van der Waals surface area contributed by atoms with Gasteiger partial charge in [-0.15, -0.1) is 0 Å². The van der Waals surface area contributed by atoms with Crippen molar-refractivity contribution in [3.05, 3.63) is 88.0 Å². The zero-order chi connectivity index (χ0) is 21.3. The summed E-state index contributed by atoms with van der Waals surface area (Å²) in [7, 11) is 0. The minimum atomic E-state index is -0.641. The van der Waals surface area contributed by atoms with Crippen molar-refractivity contribution in [2.45, 2.75) is 26.4 Å². The highest BCUT2D eigenvalue weighted by Crippen LogP contribution is 2.36. The first-order valence-corrected chi connectivity index (χ1v) is 9.61. The average Bonchev–Trinajstić information content (AvgIpc) is 2.72. The number of carbonyl (C=O) groups excluding carboxylic acids is 2. The van der Waals surface area contributed by atoms with Gasteiger partial charge in [-0.1, -0.05) is 24.3 Å². The Balaban J connectivity index is 1.78. The SMILES string of the molecule is Cc1cc(C(Oc2cc3c(cc2F)C(=O)CCO3)c2ccc(C=O)cc2)cc(C)n1. The third-order valence-corrected chi connectivity index (χ3v) is 4.95. The number of benzene rings is 2. The van der Waals surface area contributed by atoms with Crippen LogP contribution in [-0.2, 0) is 0 Å². The van der Waals surface area contributed by atoms with Crippen LogP contribution in [0.5, 0.6) is 11.5 Å². The molecule has 0 spiro atoms. The van der Waals surface area contributed by atoms with E-state index in [-0.39, 0.29) is 30.1 Å². The number of aryl methyl sites for hydroxylation is 2. The van der Waals surface area contributed by atoms with Crippen LogP contribution >= 0.6 is 0 Å². The van der Waals surface area contributed by atoms with Crippen LogP contribution in [0.25, 0.3) is 0 Å². The van der Waals surface area contributed by atoms with E-state index in [0.717, 1.165) is 28.8 Å². The Bertz CT molecular complexity index is 1100. The fraction of sp³-hybridized carbons (Fsp3) is 0.208. The van der Waals surface area contributed by atoms with Gasteiger partial charge in [-0.25, -0.2) is 4.39 Å². The van der Waals surface area contributed by atoms with Crippen LogP contribution in [0.15, 0.2) is 48.5 Å². The quantitative estimate of drug-likeness (QED) is 0.572. The number of pyridine rings is 1. The van der Waals surface area contributed by atoms with Crippen molar-refractivity contribution in [3.63, 3.8) is 0 Å². The van der Waals surface area contributed by atoms with Crippen LogP contribution in [0.4, 0.5) is 4.39 Å². The van der Waals surface area contributed by atoms with Gasteiger partial charge >= 0.3 is 0 Å². The number of ether oxygens (including phenoxy) is 2. The lowest BCUT2D eigenvalue weighted by molar-refractivity contribution is 0.0931. The highest BCUT2D eigenvalue weighted by Gasteiger charge is 2.25. The third kappa shape index (κ3) is 3.94. The van der Waals surface area contributed by atoms with Gasteiger partial charge in [0.1, 0.15) is 18.1 Å². The van der Waals surface area contributed by atoms with Gasteiger partial charge < -0.3 is 9.47 Å². The molecule has 0 aliphatic carbocycles. The number of carbonyl (C=O) groups is 2. The second-order valence-corrected chi connectivity index (χ2v) is 7.27. The molecular formula is C24H20FNO4. The minimum absolute atomic E-state index is 0.0139. The van der Waals surface area contributed by atoms with Crippen LogP contribution in [0.1, 0.15) is 55.8 Å². The summed E-state index contributed by atoms with van der Waals surface area (Å²) < 4.78 is 26.5. The maximum atomic E-state index is 14.8. The Hall–Kier alpha value is -3.54. The monoisotopic (exact) mass is 405 g/mol. The molecule has 0 bridgehead atoms. The van der Waals surface area contributed by atoms with Crippen molar-refractivity contribution >= 4 is 12.1 Å². The largest absolute Gasteiger partial charge is 0.492 e. The second-order valence-electron chi connectivity index (χ2n) is 7.27. The topological polar surface area (TPSA) is 65.5 Å². The number of aromatic nitrogens is 1. The summed E-state index contributed by atoms with van der Waals surface area (Å²) in [4.78, 5) is 27.4. The molecule has 0 radical (unpaired) electrons. The summed E-state index contributed by atoms with van der Waals surface area (Å²) >= 11 is 0. The molecule has 152 valence electrons. The van der Waals surface area contributed by atoms with Crippen LogP contribution in [-0.4, -0.2) is 23.7 Å². The summed E-state index contributed by atoms with van der Waals surface area (Å²) in [6.45, 7) is 4.01. The highest BCUT2D eigenvalue weighted by atomic mass is 19.1. The van der Waals surface area contributed by atoms with Crippen LogP contribution in [0.2, 0.25) is 0 Å². The average molecular weight is 405 g/mol. The van der Waals surface area contributed by atoms with Gasteiger partial charge in [-0.2, -0.15) is 0 Å². The summed E-state index contributed by atoms with van der Waals surface area (Å²) in [5.74, 6) is -0.479. The molecule has 2 heterocycles. The normalized spacial score (nSPS) is 13.9. The smallest absolute Gasteiger partial charge is 0.170 e. The van der Waals surface area contributed by atoms with E-state index >= 15 is 0 Å². The molecule has 1 aliphatic rings. The van der Waals surface area contributed by atoms with E-state index in [1.807, 2.05) is 26.0 Å². The van der Waals surface area contributed by atoms with E-state index < -0.39 is 11.9 Å². The van der Waals surface area contributed by atoms with E-state index in [2.05, 4.69) is 4.98 Å². The molecule has 0 fully saturated rings. The molecule has 4 rings (SSSR count). The number of rotatable bonds is 5. The molecule has 0 N–H and O–H groups in total. The Labute approximate surface area is 173 Å². The standard InChI is InChI=1S/C24H20FNO4/c1-14-9-18(10-15(2)26-14)24(17-5-3-16(13-27)4-6-17)30-23-12-22-19(11-20(23)25)21(28)7-8-29-22/h3-6,9-13,24H,7-8H2,1-2H3. The molecular weight excluding hydrogens is 385 g/mol. The Morgan fingerprint density at radius 1 is 1.07 bits per heavy atom. The first-order valence-electron chi connectivity index (χ1n) is 9.61. The van der Waals surface area contributed by atoms with Crippen molar-refractivity contribution in [1.29, 1.82) is 0 Å². The lowest BCUT2D eigenvalue weighted by Gasteiger charge is -2.23. The first kappa shape index (κ1) is 19.8. The molecule has 3 aromatic rings. The molecule has 1 atom stereocenters. The van der Waals surface area contributed by atoms with Gasteiger partial charge in [0, 0.05) is 35.0 Å². The van der Waals surface area contributed by atoms with Gasteiger partial charge in [-0.3, -0.25) is 14.6 Å². The van der Waals surface area contributed by atoms with Crippen molar-refractivity contribution < 1.29 is 23.5 Å². The number of ketones is 1. The predicted molar refractivity (Wildman–Crippen MR) is 109 cm³/mol. The number of aldehydes is 1. The van der Waals surface area contributed by atoms with Crippen LogP contribution in [0, 0.1) is 19.7 Å². The predicted octanol–water partition coefficient (Wildman–Crippen LogP) is 4.78. The molecule has 30 heavy (non-hydrogen) atoms. The fourth-order valence-corrected chi connectivity index (χ4v) is 3.57. The van der Waals surface area contributed by atoms with E-state index in [1.54, 1.807) is 24.3 Å². The maximum absolute atomic E-state index is 14.8. The van der Waals surface area contributed by atoms with Crippen LogP contribution < -0.4 is 9.47 Å². The van der Waals surface area contributed by atoms with Gasteiger partial charge in [0.05, 0.1) is 12.2 Å². The number of hydrogen-bond donors (Lipinski definition) is 0. The number of fused-ring (bicyclic) bond motifs is 1. The summed E-state index contributed by atoms with van der Waals surface area (Å²) in [6, 6.07) is 13.3. The number of hydrogen-bond acceptors (Lipinski definition) is 5. The Kier molecular flexibility index (Phi) is 5.31. The van der Waals surface area contributed by atoms with Crippen molar-refractivity contribution in [2.24, 2.45) is 0 Å². The lowest BCUT2D eigenvalue weighted by Crippen LogP contribution is -2.17. The number of halogens is 1. The van der Waals surface area contributed by atoms with E-state index in [4.69, 9.17) is 9.47 Å². The summed E-state index contributed by atoms with van der Waals surface area (Å²) in [5, 5.41) is 0. The molecule has 6 heteroatoms. The Morgan fingerprint density at radius 2 is 1.77 bits per heavy atom. The lowest BCUT2D eigenvalue weighted by atomic mass is 9.99. The molecule has 0 saturated heterocycles.